The van der Waals surface area contributed by atoms with Gasteiger partial charge in [0.25, 0.3) is 0 Å². The molecular formula is C14H15FN4O2. The van der Waals surface area contributed by atoms with Gasteiger partial charge in [0.1, 0.15) is 0 Å². The van der Waals surface area contributed by atoms with E-state index in [4.69, 9.17) is 4.84 Å². The van der Waals surface area contributed by atoms with Crippen molar-refractivity contribution in [2.45, 2.75) is 18.6 Å². The largest absolute Gasteiger partial charge is 0.316 e. The first kappa shape index (κ1) is 13.7. The summed E-state index contributed by atoms with van der Waals surface area (Å²) < 4.78 is 15.6. The van der Waals surface area contributed by atoms with Crippen LogP contribution in [0.4, 0.5) is 4.39 Å². The van der Waals surface area contributed by atoms with E-state index in [-0.39, 0.29) is 24.1 Å². The van der Waals surface area contributed by atoms with Crippen molar-refractivity contribution in [2.75, 3.05) is 14.2 Å². The number of amides is 1. The van der Waals surface area contributed by atoms with Crippen molar-refractivity contribution in [3.8, 4) is 0 Å². The summed E-state index contributed by atoms with van der Waals surface area (Å²) in [6.07, 6.45) is -0.939. The Morgan fingerprint density at radius 2 is 2.14 bits per heavy atom. The highest BCUT2D eigenvalue weighted by Crippen LogP contribution is 2.39. The number of fused-ring (bicyclic) bond motifs is 1. The van der Waals surface area contributed by atoms with Gasteiger partial charge in [-0.25, -0.2) is 19.1 Å². The molecule has 0 bridgehead atoms. The van der Waals surface area contributed by atoms with Crippen LogP contribution in [0.2, 0.25) is 0 Å². The van der Waals surface area contributed by atoms with E-state index in [9.17, 15) is 9.18 Å². The number of carbonyl (C=O) groups excluding carboxylic acids is 1. The smallest absolute Gasteiger partial charge is 0.274 e. The highest BCUT2D eigenvalue weighted by atomic mass is 19.1. The van der Waals surface area contributed by atoms with Gasteiger partial charge < -0.3 is 0 Å². The summed E-state index contributed by atoms with van der Waals surface area (Å²) in [5, 5.41) is 5.17. The van der Waals surface area contributed by atoms with E-state index in [1.165, 1.54) is 18.8 Å². The molecule has 0 radical (unpaired) electrons. The van der Waals surface area contributed by atoms with Gasteiger partial charge >= 0.3 is 5.91 Å². The number of rotatable bonds is 3. The number of hydroxylamine groups is 2. The summed E-state index contributed by atoms with van der Waals surface area (Å²) in [5.74, 6) is -0.368. The number of benzene rings is 1. The lowest BCUT2D eigenvalue weighted by Crippen LogP contribution is -2.26. The maximum atomic E-state index is 14.1. The van der Waals surface area contributed by atoms with Crippen LogP contribution in [-0.2, 0) is 4.84 Å². The quantitative estimate of drug-likeness (QED) is 0.810. The highest BCUT2D eigenvalue weighted by molar-refractivity contribution is 5.89. The predicted octanol–water partition coefficient (Wildman–Crippen LogP) is 1.92. The molecule has 2 aromatic rings. The normalized spacial score (nSPS) is 20.3. The van der Waals surface area contributed by atoms with Crippen molar-refractivity contribution in [2.24, 2.45) is 0 Å². The van der Waals surface area contributed by atoms with Crippen molar-refractivity contribution in [1.82, 2.24) is 19.8 Å². The molecular weight excluding hydrogens is 275 g/mol. The summed E-state index contributed by atoms with van der Waals surface area (Å²) in [5.41, 5.74) is 0.947. The van der Waals surface area contributed by atoms with Crippen molar-refractivity contribution in [1.29, 1.82) is 0 Å². The van der Waals surface area contributed by atoms with E-state index in [1.807, 2.05) is 30.3 Å². The first-order chi connectivity index (χ1) is 10.1. The monoisotopic (exact) mass is 290 g/mol. The third-order valence-corrected chi connectivity index (χ3v) is 3.60. The molecule has 0 saturated carbocycles. The second-order valence-electron chi connectivity index (χ2n) is 4.85. The highest BCUT2D eigenvalue weighted by Gasteiger charge is 2.36. The van der Waals surface area contributed by atoms with Crippen molar-refractivity contribution in [3.63, 3.8) is 0 Å². The molecule has 2 heterocycles. The molecule has 1 amide bonds. The molecule has 0 aliphatic carbocycles. The van der Waals surface area contributed by atoms with Gasteiger partial charge in [0.2, 0.25) is 5.82 Å². The maximum Gasteiger partial charge on any atom is 0.316 e. The molecule has 0 unspecified atom stereocenters. The number of nitrogens with zero attached hydrogens (tertiary/aromatic N) is 4. The van der Waals surface area contributed by atoms with Gasteiger partial charge in [-0.05, 0) is 5.56 Å². The van der Waals surface area contributed by atoms with Gasteiger partial charge in [-0.3, -0.25) is 9.63 Å². The molecule has 6 nitrogen and oxygen atoms in total. The average molecular weight is 290 g/mol. The molecule has 1 aliphatic rings. The Labute approximate surface area is 121 Å². The summed E-state index contributed by atoms with van der Waals surface area (Å²) >= 11 is 0. The van der Waals surface area contributed by atoms with E-state index in [1.54, 1.807) is 0 Å². The molecule has 0 spiro atoms. The minimum Gasteiger partial charge on any atom is -0.274 e. The predicted molar refractivity (Wildman–Crippen MR) is 72.2 cm³/mol. The zero-order valence-electron chi connectivity index (χ0n) is 11.7. The number of hydrogen-bond acceptors (Lipinski definition) is 4. The first-order valence-electron chi connectivity index (χ1n) is 6.59. The lowest BCUT2D eigenvalue weighted by molar-refractivity contribution is -0.0764. The summed E-state index contributed by atoms with van der Waals surface area (Å²) in [7, 11) is 2.82. The SMILES string of the molecule is CON(C)C(=O)c1nc2n(n1)[C@@H](c1ccccc1)C[C@H]2F. The van der Waals surface area contributed by atoms with Crippen molar-refractivity contribution < 1.29 is 14.0 Å². The van der Waals surface area contributed by atoms with Gasteiger partial charge in [-0.15, -0.1) is 5.10 Å². The van der Waals surface area contributed by atoms with Crippen molar-refractivity contribution in [3.05, 3.63) is 47.5 Å². The fraction of sp³-hybridized carbons (Fsp3) is 0.357. The van der Waals surface area contributed by atoms with Crippen LogP contribution in [0.15, 0.2) is 30.3 Å². The second kappa shape index (κ2) is 5.25. The van der Waals surface area contributed by atoms with E-state index >= 15 is 0 Å². The lowest BCUT2D eigenvalue weighted by atomic mass is 10.0. The Morgan fingerprint density at radius 1 is 1.43 bits per heavy atom. The van der Waals surface area contributed by atoms with Crippen LogP contribution >= 0.6 is 0 Å². The molecule has 7 heteroatoms. The number of carbonyl (C=O) groups is 1. The van der Waals surface area contributed by atoms with Gasteiger partial charge in [-0.2, -0.15) is 0 Å². The Hall–Kier alpha value is -2.28. The number of alkyl halides is 1. The van der Waals surface area contributed by atoms with Crippen LogP contribution in [0.1, 0.15) is 40.6 Å². The van der Waals surface area contributed by atoms with Gasteiger partial charge in [-0.1, -0.05) is 30.3 Å². The van der Waals surface area contributed by atoms with Crippen molar-refractivity contribution >= 4 is 5.91 Å². The van der Waals surface area contributed by atoms with Crippen LogP contribution in [0.25, 0.3) is 0 Å². The lowest BCUT2D eigenvalue weighted by Gasteiger charge is -2.12. The molecule has 3 rings (SSSR count). The van der Waals surface area contributed by atoms with E-state index in [0.29, 0.717) is 0 Å². The fourth-order valence-corrected chi connectivity index (χ4v) is 2.45. The molecule has 0 N–H and O–H groups in total. The van der Waals surface area contributed by atoms with E-state index < -0.39 is 12.1 Å². The number of hydrogen-bond donors (Lipinski definition) is 0. The summed E-state index contributed by atoms with van der Waals surface area (Å²) in [4.78, 5) is 20.8. The van der Waals surface area contributed by atoms with Crippen LogP contribution in [0, 0.1) is 0 Å². The molecule has 2 atom stereocenters. The van der Waals surface area contributed by atoms with E-state index in [2.05, 4.69) is 10.1 Å². The summed E-state index contributed by atoms with van der Waals surface area (Å²) in [6, 6.07) is 9.27. The van der Waals surface area contributed by atoms with Gasteiger partial charge in [0.05, 0.1) is 13.2 Å². The third kappa shape index (κ3) is 2.29. The van der Waals surface area contributed by atoms with Gasteiger partial charge in [0, 0.05) is 13.5 Å². The zero-order chi connectivity index (χ0) is 15.0. The Bertz CT molecular complexity index is 658. The minimum absolute atomic E-state index is 0.0577. The Morgan fingerprint density at radius 3 is 2.81 bits per heavy atom. The van der Waals surface area contributed by atoms with Crippen LogP contribution in [-0.4, -0.2) is 39.9 Å². The summed E-state index contributed by atoms with van der Waals surface area (Å²) in [6.45, 7) is 0. The number of halogens is 1. The van der Waals surface area contributed by atoms with Crippen LogP contribution in [0.3, 0.4) is 0 Å². The first-order valence-corrected chi connectivity index (χ1v) is 6.59. The molecule has 110 valence electrons. The van der Waals surface area contributed by atoms with Crippen LogP contribution in [0.5, 0.6) is 0 Å². The molecule has 0 saturated heterocycles. The third-order valence-electron chi connectivity index (χ3n) is 3.60. The van der Waals surface area contributed by atoms with E-state index in [0.717, 1.165) is 10.6 Å². The zero-order valence-corrected chi connectivity index (χ0v) is 11.7. The maximum absolute atomic E-state index is 14.1. The topological polar surface area (TPSA) is 60.2 Å². The average Bonchev–Trinajstić information content (AvgIpc) is 3.07. The Kier molecular flexibility index (Phi) is 3.42. The second-order valence-corrected chi connectivity index (χ2v) is 4.85. The Balaban J connectivity index is 1.96. The molecule has 1 aliphatic heterocycles. The molecule has 1 aromatic carbocycles. The molecule has 1 aromatic heterocycles. The number of aromatic nitrogens is 3. The van der Waals surface area contributed by atoms with Gasteiger partial charge in [0.15, 0.2) is 12.0 Å². The fourth-order valence-electron chi connectivity index (χ4n) is 2.45. The molecule has 21 heavy (non-hydrogen) atoms. The minimum atomic E-state index is -1.22. The molecule has 0 fully saturated rings. The standard InChI is InChI=1S/C14H15FN4O2/c1-18(21-2)14(20)12-16-13-10(15)8-11(19(13)17-12)9-6-4-3-5-7-9/h3-7,10-11H,8H2,1-2H3/t10-,11-/m1/s1. The van der Waals surface area contributed by atoms with Crippen LogP contribution < -0.4 is 0 Å².